The van der Waals surface area contributed by atoms with Crippen molar-refractivity contribution in [2.45, 2.75) is 25.2 Å². The Kier molecular flexibility index (Phi) is 4.82. The normalized spacial score (nSPS) is 17.7. The van der Waals surface area contributed by atoms with Gasteiger partial charge in [-0.1, -0.05) is 42.8 Å². The molecule has 2 heterocycles. The van der Waals surface area contributed by atoms with Crippen molar-refractivity contribution < 1.29 is 4.79 Å². The minimum atomic E-state index is 0.113. The van der Waals surface area contributed by atoms with Crippen LogP contribution in [0.1, 0.15) is 41.1 Å². The molecule has 132 valence electrons. The van der Waals surface area contributed by atoms with Crippen molar-refractivity contribution in [2.75, 3.05) is 13.1 Å². The molecule has 0 radical (unpaired) electrons. The van der Waals surface area contributed by atoms with Crippen LogP contribution in [0.25, 0.3) is 5.69 Å². The van der Waals surface area contributed by atoms with Gasteiger partial charge in [-0.25, -0.2) is 4.68 Å². The van der Waals surface area contributed by atoms with Crippen molar-refractivity contribution >= 4 is 5.91 Å². The van der Waals surface area contributed by atoms with Gasteiger partial charge >= 0.3 is 0 Å². The van der Waals surface area contributed by atoms with Crippen LogP contribution in [0.15, 0.2) is 73.1 Å². The lowest BCUT2D eigenvalue weighted by Crippen LogP contribution is -2.34. The summed E-state index contributed by atoms with van der Waals surface area (Å²) in [6.45, 7) is 1.61. The van der Waals surface area contributed by atoms with Gasteiger partial charge in [-0.2, -0.15) is 5.10 Å². The lowest BCUT2D eigenvalue weighted by molar-refractivity contribution is 0.0754. The first-order chi connectivity index (χ1) is 12.8. The van der Waals surface area contributed by atoms with Crippen LogP contribution in [-0.4, -0.2) is 33.7 Å². The molecule has 1 unspecified atom stereocenters. The standard InChI is InChI=1S/C22H23N3O/c26-22(19-11-6-12-21(16-19)25-15-7-13-23-25)24-14-5-4-10-20(17-24)18-8-2-1-3-9-18/h1-3,6-9,11-13,15-16,20H,4-5,10,14,17H2. The molecule has 0 bridgehead atoms. The Labute approximate surface area is 154 Å². The monoisotopic (exact) mass is 345 g/mol. The van der Waals surface area contributed by atoms with Gasteiger partial charge in [0, 0.05) is 37.0 Å². The van der Waals surface area contributed by atoms with Crippen LogP contribution >= 0.6 is 0 Å². The number of carbonyl (C=O) groups is 1. The van der Waals surface area contributed by atoms with Crippen LogP contribution in [-0.2, 0) is 0 Å². The Morgan fingerprint density at radius 2 is 1.88 bits per heavy atom. The summed E-state index contributed by atoms with van der Waals surface area (Å²) in [5.41, 5.74) is 2.97. The summed E-state index contributed by atoms with van der Waals surface area (Å²) in [4.78, 5) is 15.2. The number of aromatic nitrogens is 2. The lowest BCUT2D eigenvalue weighted by atomic mass is 9.94. The fourth-order valence-corrected chi connectivity index (χ4v) is 3.71. The predicted molar refractivity (Wildman–Crippen MR) is 103 cm³/mol. The zero-order valence-corrected chi connectivity index (χ0v) is 14.8. The van der Waals surface area contributed by atoms with Crippen molar-refractivity contribution in [1.29, 1.82) is 0 Å². The van der Waals surface area contributed by atoms with E-state index in [0.29, 0.717) is 5.92 Å². The summed E-state index contributed by atoms with van der Waals surface area (Å²) in [7, 11) is 0. The molecular formula is C22H23N3O. The highest BCUT2D eigenvalue weighted by atomic mass is 16.2. The summed E-state index contributed by atoms with van der Waals surface area (Å²) >= 11 is 0. The van der Waals surface area contributed by atoms with Gasteiger partial charge < -0.3 is 4.90 Å². The molecule has 3 aromatic rings. The molecule has 4 nitrogen and oxygen atoms in total. The van der Waals surface area contributed by atoms with Crippen molar-refractivity contribution in [2.24, 2.45) is 0 Å². The van der Waals surface area contributed by atoms with Crippen LogP contribution in [0.2, 0.25) is 0 Å². The highest BCUT2D eigenvalue weighted by molar-refractivity contribution is 5.94. The van der Waals surface area contributed by atoms with Crippen LogP contribution in [0, 0.1) is 0 Å². The van der Waals surface area contributed by atoms with Gasteiger partial charge in [0.15, 0.2) is 0 Å². The third kappa shape index (κ3) is 3.54. The molecule has 0 N–H and O–H groups in total. The van der Waals surface area contributed by atoms with Gasteiger partial charge in [0.2, 0.25) is 0 Å². The smallest absolute Gasteiger partial charge is 0.253 e. The molecule has 0 aliphatic carbocycles. The summed E-state index contributed by atoms with van der Waals surface area (Å²) < 4.78 is 1.78. The van der Waals surface area contributed by atoms with Crippen molar-refractivity contribution in [3.8, 4) is 5.69 Å². The summed E-state index contributed by atoms with van der Waals surface area (Å²) in [5.74, 6) is 0.527. The Morgan fingerprint density at radius 3 is 2.69 bits per heavy atom. The van der Waals surface area contributed by atoms with Crippen molar-refractivity contribution in [1.82, 2.24) is 14.7 Å². The van der Waals surface area contributed by atoms with Crippen LogP contribution in [0.4, 0.5) is 0 Å². The summed E-state index contributed by atoms with van der Waals surface area (Å²) in [6, 6.07) is 20.2. The fourth-order valence-electron chi connectivity index (χ4n) is 3.71. The summed E-state index contributed by atoms with van der Waals surface area (Å²) in [6.07, 6.45) is 7.00. The molecule has 0 saturated carbocycles. The number of amides is 1. The van der Waals surface area contributed by atoms with E-state index in [-0.39, 0.29) is 5.91 Å². The molecule has 2 aromatic carbocycles. The van der Waals surface area contributed by atoms with Gasteiger partial charge in [0.05, 0.1) is 5.69 Å². The minimum absolute atomic E-state index is 0.113. The predicted octanol–water partition coefficient (Wildman–Crippen LogP) is 4.28. The van der Waals surface area contributed by atoms with E-state index in [9.17, 15) is 4.79 Å². The molecule has 4 heteroatoms. The zero-order chi connectivity index (χ0) is 17.8. The molecule has 1 aromatic heterocycles. The fraction of sp³-hybridized carbons (Fsp3) is 0.273. The third-order valence-corrected chi connectivity index (χ3v) is 5.09. The van der Waals surface area contributed by atoms with E-state index < -0.39 is 0 Å². The first-order valence-electron chi connectivity index (χ1n) is 9.25. The van der Waals surface area contributed by atoms with Crippen LogP contribution in [0.3, 0.4) is 0 Å². The number of likely N-dealkylation sites (tertiary alicyclic amines) is 1. The molecule has 1 aliphatic heterocycles. The second kappa shape index (κ2) is 7.56. The zero-order valence-electron chi connectivity index (χ0n) is 14.8. The van der Waals surface area contributed by atoms with Crippen molar-refractivity contribution in [3.63, 3.8) is 0 Å². The highest BCUT2D eigenvalue weighted by Gasteiger charge is 2.24. The van der Waals surface area contributed by atoms with Gasteiger partial charge in [-0.05, 0) is 42.7 Å². The van der Waals surface area contributed by atoms with E-state index in [0.717, 1.165) is 43.6 Å². The molecule has 1 atom stereocenters. The molecule has 1 aliphatic rings. The van der Waals surface area contributed by atoms with Gasteiger partial charge in [0.25, 0.3) is 5.91 Å². The molecule has 0 spiro atoms. The number of hydrogen-bond donors (Lipinski definition) is 0. The second-order valence-electron chi connectivity index (χ2n) is 6.86. The Bertz CT molecular complexity index is 858. The lowest BCUT2D eigenvalue weighted by Gasteiger charge is -2.25. The van der Waals surface area contributed by atoms with E-state index in [4.69, 9.17) is 0 Å². The average molecular weight is 345 g/mol. The molecule has 1 fully saturated rings. The van der Waals surface area contributed by atoms with Gasteiger partial charge in [0.1, 0.15) is 0 Å². The average Bonchev–Trinajstić information content (AvgIpc) is 3.13. The number of hydrogen-bond acceptors (Lipinski definition) is 2. The van der Waals surface area contributed by atoms with Crippen LogP contribution < -0.4 is 0 Å². The van der Waals surface area contributed by atoms with Crippen molar-refractivity contribution in [3.05, 3.63) is 84.2 Å². The van der Waals surface area contributed by atoms with E-state index in [1.807, 2.05) is 47.5 Å². The molecule has 4 rings (SSSR count). The Balaban J connectivity index is 1.56. The van der Waals surface area contributed by atoms with Gasteiger partial charge in [-0.15, -0.1) is 0 Å². The highest BCUT2D eigenvalue weighted by Crippen LogP contribution is 2.27. The van der Waals surface area contributed by atoms with E-state index in [1.54, 1.807) is 10.9 Å². The third-order valence-electron chi connectivity index (χ3n) is 5.09. The summed E-state index contributed by atoms with van der Waals surface area (Å²) in [5, 5.41) is 4.26. The molecule has 26 heavy (non-hydrogen) atoms. The first kappa shape index (κ1) is 16.6. The quantitative estimate of drug-likeness (QED) is 0.710. The Hall–Kier alpha value is -2.88. The number of nitrogens with zero attached hydrogens (tertiary/aromatic N) is 3. The van der Waals surface area contributed by atoms with E-state index in [1.165, 1.54) is 5.56 Å². The molecule has 1 saturated heterocycles. The maximum atomic E-state index is 13.1. The molecule has 1 amide bonds. The maximum absolute atomic E-state index is 13.1. The topological polar surface area (TPSA) is 38.1 Å². The number of carbonyl (C=O) groups excluding carboxylic acids is 1. The Morgan fingerprint density at radius 1 is 1.00 bits per heavy atom. The van der Waals surface area contributed by atoms with Gasteiger partial charge in [-0.3, -0.25) is 4.79 Å². The minimum Gasteiger partial charge on any atom is -0.338 e. The van der Waals surface area contributed by atoms with E-state index in [2.05, 4.69) is 29.4 Å². The molecular weight excluding hydrogens is 322 g/mol. The number of rotatable bonds is 3. The number of benzene rings is 2. The van der Waals surface area contributed by atoms with E-state index >= 15 is 0 Å². The largest absolute Gasteiger partial charge is 0.338 e. The van der Waals surface area contributed by atoms with Crippen LogP contribution in [0.5, 0.6) is 0 Å². The SMILES string of the molecule is O=C(c1cccc(-n2cccn2)c1)N1CCCCC(c2ccccc2)C1. The maximum Gasteiger partial charge on any atom is 0.253 e. The second-order valence-corrected chi connectivity index (χ2v) is 6.86. The first-order valence-corrected chi connectivity index (χ1v) is 9.25.